The maximum absolute atomic E-state index is 14.2. The van der Waals surface area contributed by atoms with E-state index in [1.165, 1.54) is 23.0 Å². The van der Waals surface area contributed by atoms with Gasteiger partial charge in [-0.3, -0.25) is 9.69 Å². The number of nitrogens with zero attached hydrogens (tertiary/aromatic N) is 4. The molecule has 3 rings (SSSR count). The molecule has 0 atom stereocenters. The Morgan fingerprint density at radius 2 is 1.96 bits per heavy atom. The third kappa shape index (κ3) is 3.59. The maximum Gasteiger partial charge on any atom is 0.254 e. The number of aromatic nitrogens is 2. The van der Waals surface area contributed by atoms with Crippen LogP contribution in [-0.2, 0) is 0 Å². The lowest BCUT2D eigenvalue weighted by Crippen LogP contribution is -2.49. The van der Waals surface area contributed by atoms with E-state index in [0.29, 0.717) is 26.2 Å². The average Bonchev–Trinajstić information content (AvgIpc) is 3.08. The number of hydrogen-bond donors (Lipinski definition) is 0. The molecule has 2 heterocycles. The highest BCUT2D eigenvalue weighted by Gasteiger charge is 2.24. The first-order valence-corrected chi connectivity index (χ1v) is 7.64. The minimum atomic E-state index is -2.38. The van der Waals surface area contributed by atoms with Crippen molar-refractivity contribution in [3.05, 3.63) is 48.0 Å². The fourth-order valence-electron chi connectivity index (χ4n) is 2.75. The van der Waals surface area contributed by atoms with E-state index in [-0.39, 0.29) is 23.7 Å². The number of hydrogen-bond acceptors (Lipinski definition) is 3. The van der Waals surface area contributed by atoms with E-state index in [4.69, 9.17) is 0 Å². The number of halogens is 3. The molecule has 1 aliphatic heterocycles. The monoisotopic (exact) mass is 338 g/mol. The Morgan fingerprint density at radius 1 is 1.21 bits per heavy atom. The van der Waals surface area contributed by atoms with E-state index in [2.05, 4.69) is 5.10 Å². The molecular weight excluding hydrogens is 321 g/mol. The molecule has 1 amide bonds. The number of piperazine rings is 1. The SMILES string of the molecule is O=C(c1ccc(-n2cccn2)c(F)c1)N1CCN(CC(F)F)CC1. The first-order chi connectivity index (χ1) is 11.5. The van der Waals surface area contributed by atoms with Crippen LogP contribution in [0.3, 0.4) is 0 Å². The highest BCUT2D eigenvalue weighted by molar-refractivity contribution is 5.94. The minimum absolute atomic E-state index is 0.241. The van der Waals surface area contributed by atoms with Crippen LogP contribution in [0.2, 0.25) is 0 Å². The second-order valence-electron chi connectivity index (χ2n) is 5.60. The molecule has 0 N–H and O–H groups in total. The van der Waals surface area contributed by atoms with E-state index in [1.54, 1.807) is 28.1 Å². The zero-order valence-corrected chi connectivity index (χ0v) is 12.9. The van der Waals surface area contributed by atoms with Crippen molar-refractivity contribution in [2.75, 3.05) is 32.7 Å². The second kappa shape index (κ2) is 7.04. The zero-order chi connectivity index (χ0) is 17.1. The van der Waals surface area contributed by atoms with Gasteiger partial charge >= 0.3 is 0 Å². The summed E-state index contributed by atoms with van der Waals surface area (Å²) in [6.07, 6.45) is 0.774. The van der Waals surface area contributed by atoms with Gasteiger partial charge in [-0.1, -0.05) is 0 Å². The quantitative estimate of drug-likeness (QED) is 0.857. The van der Waals surface area contributed by atoms with Gasteiger partial charge in [-0.25, -0.2) is 17.9 Å². The molecular formula is C16H17F3N4O. The molecule has 2 aromatic rings. The number of carbonyl (C=O) groups excluding carboxylic acids is 1. The Balaban J connectivity index is 1.67. The average molecular weight is 338 g/mol. The molecule has 8 heteroatoms. The third-order valence-electron chi connectivity index (χ3n) is 4.00. The fourth-order valence-corrected chi connectivity index (χ4v) is 2.75. The lowest BCUT2D eigenvalue weighted by atomic mass is 10.1. The molecule has 0 unspecified atom stereocenters. The molecule has 0 spiro atoms. The molecule has 1 aromatic carbocycles. The summed E-state index contributed by atoms with van der Waals surface area (Å²) >= 11 is 0. The van der Waals surface area contributed by atoms with Crippen LogP contribution in [0.4, 0.5) is 13.2 Å². The summed E-state index contributed by atoms with van der Waals surface area (Å²) in [6.45, 7) is 1.21. The highest BCUT2D eigenvalue weighted by Crippen LogP contribution is 2.17. The van der Waals surface area contributed by atoms with Gasteiger partial charge in [0.2, 0.25) is 0 Å². The Bertz CT molecular complexity index is 697. The molecule has 0 saturated carbocycles. The summed E-state index contributed by atoms with van der Waals surface area (Å²) < 4.78 is 40.3. The van der Waals surface area contributed by atoms with Crippen LogP contribution in [0.15, 0.2) is 36.7 Å². The van der Waals surface area contributed by atoms with E-state index in [1.807, 2.05) is 0 Å². The molecule has 0 aliphatic carbocycles. The van der Waals surface area contributed by atoms with Crippen LogP contribution in [0.1, 0.15) is 10.4 Å². The standard InChI is InChI=1S/C16H17F3N4O/c17-13-10-12(2-3-14(13)23-5-1-4-20-23)16(24)22-8-6-21(7-9-22)11-15(18)19/h1-5,10,15H,6-9,11H2. The largest absolute Gasteiger partial charge is 0.336 e. The van der Waals surface area contributed by atoms with Gasteiger partial charge in [0.15, 0.2) is 0 Å². The van der Waals surface area contributed by atoms with Crippen LogP contribution in [-0.4, -0.2) is 64.6 Å². The highest BCUT2D eigenvalue weighted by atomic mass is 19.3. The van der Waals surface area contributed by atoms with E-state index >= 15 is 0 Å². The van der Waals surface area contributed by atoms with Gasteiger partial charge in [-0.05, 0) is 24.3 Å². The molecule has 24 heavy (non-hydrogen) atoms. The lowest BCUT2D eigenvalue weighted by molar-refractivity contribution is 0.0458. The van der Waals surface area contributed by atoms with Gasteiger partial charge in [0.05, 0.1) is 6.54 Å². The number of benzene rings is 1. The fraction of sp³-hybridized carbons (Fsp3) is 0.375. The molecule has 0 radical (unpaired) electrons. The summed E-state index contributed by atoms with van der Waals surface area (Å²) in [5, 5.41) is 3.96. The van der Waals surface area contributed by atoms with Crippen molar-refractivity contribution in [1.29, 1.82) is 0 Å². The summed E-state index contributed by atoms with van der Waals surface area (Å²) in [5.74, 6) is -0.835. The van der Waals surface area contributed by atoms with Crippen molar-refractivity contribution in [3.63, 3.8) is 0 Å². The smallest absolute Gasteiger partial charge is 0.254 e. The Kier molecular flexibility index (Phi) is 4.84. The molecule has 1 fully saturated rings. The summed E-state index contributed by atoms with van der Waals surface area (Å²) in [6, 6.07) is 5.92. The zero-order valence-electron chi connectivity index (χ0n) is 12.9. The molecule has 1 aliphatic rings. The Morgan fingerprint density at radius 3 is 2.54 bits per heavy atom. The first kappa shape index (κ1) is 16.5. The lowest BCUT2D eigenvalue weighted by Gasteiger charge is -2.34. The van der Waals surface area contributed by atoms with Gasteiger partial charge in [-0.15, -0.1) is 0 Å². The van der Waals surface area contributed by atoms with Crippen LogP contribution in [0, 0.1) is 5.82 Å². The number of alkyl halides is 2. The topological polar surface area (TPSA) is 41.4 Å². The van der Waals surface area contributed by atoms with E-state index in [0.717, 1.165) is 0 Å². The molecule has 1 aromatic heterocycles. The number of amides is 1. The van der Waals surface area contributed by atoms with Crippen molar-refractivity contribution in [2.45, 2.75) is 6.43 Å². The summed E-state index contributed by atoms with van der Waals surface area (Å²) in [4.78, 5) is 15.6. The van der Waals surface area contributed by atoms with Crippen LogP contribution < -0.4 is 0 Å². The van der Waals surface area contributed by atoms with E-state index in [9.17, 15) is 18.0 Å². The van der Waals surface area contributed by atoms with Gasteiger partial charge < -0.3 is 4.90 Å². The number of carbonyl (C=O) groups is 1. The summed E-state index contributed by atoms with van der Waals surface area (Å²) in [7, 11) is 0. The molecule has 1 saturated heterocycles. The van der Waals surface area contributed by atoms with Crippen molar-refractivity contribution in [3.8, 4) is 5.69 Å². The van der Waals surface area contributed by atoms with Crippen molar-refractivity contribution in [2.24, 2.45) is 0 Å². The first-order valence-electron chi connectivity index (χ1n) is 7.64. The predicted octanol–water partition coefficient (Wildman–Crippen LogP) is 2.03. The Hall–Kier alpha value is -2.35. The summed E-state index contributed by atoms with van der Waals surface area (Å²) in [5.41, 5.74) is 0.504. The maximum atomic E-state index is 14.2. The second-order valence-corrected chi connectivity index (χ2v) is 5.60. The van der Waals surface area contributed by atoms with Gasteiger partial charge in [0.1, 0.15) is 11.5 Å². The van der Waals surface area contributed by atoms with Crippen molar-refractivity contribution < 1.29 is 18.0 Å². The Labute approximate surface area is 137 Å². The third-order valence-corrected chi connectivity index (χ3v) is 4.00. The van der Waals surface area contributed by atoms with Gasteiger partial charge in [0, 0.05) is 44.1 Å². The van der Waals surface area contributed by atoms with Crippen molar-refractivity contribution >= 4 is 5.91 Å². The predicted molar refractivity (Wildman–Crippen MR) is 81.9 cm³/mol. The van der Waals surface area contributed by atoms with Crippen molar-refractivity contribution in [1.82, 2.24) is 19.6 Å². The normalized spacial score (nSPS) is 15.9. The number of rotatable bonds is 4. The van der Waals surface area contributed by atoms with Gasteiger partial charge in [-0.2, -0.15) is 5.10 Å². The van der Waals surface area contributed by atoms with Gasteiger partial charge in [0.25, 0.3) is 12.3 Å². The minimum Gasteiger partial charge on any atom is -0.336 e. The van der Waals surface area contributed by atoms with Crippen LogP contribution in [0.25, 0.3) is 5.69 Å². The van der Waals surface area contributed by atoms with Crippen LogP contribution in [0.5, 0.6) is 0 Å². The molecule has 5 nitrogen and oxygen atoms in total. The molecule has 0 bridgehead atoms. The van der Waals surface area contributed by atoms with Crippen LogP contribution >= 0.6 is 0 Å². The van der Waals surface area contributed by atoms with E-state index < -0.39 is 12.2 Å². The molecule has 128 valence electrons.